The summed E-state index contributed by atoms with van der Waals surface area (Å²) in [5.41, 5.74) is 3.96. The van der Waals surface area contributed by atoms with Gasteiger partial charge in [0.25, 0.3) is 5.91 Å². The molecule has 0 aliphatic carbocycles. The van der Waals surface area contributed by atoms with Crippen molar-refractivity contribution in [1.82, 2.24) is 15.0 Å². The fourth-order valence-electron chi connectivity index (χ4n) is 3.08. The number of hydrogen-bond acceptors (Lipinski definition) is 5. The highest BCUT2D eigenvalue weighted by atomic mass is 35.5. The number of aromatic nitrogens is 3. The Morgan fingerprint density at radius 2 is 1.67 bits per heavy atom. The summed E-state index contributed by atoms with van der Waals surface area (Å²) >= 11 is 6.22. The maximum absolute atomic E-state index is 12.9. The molecule has 30 heavy (non-hydrogen) atoms. The van der Waals surface area contributed by atoms with E-state index in [4.69, 9.17) is 21.1 Å². The van der Waals surface area contributed by atoms with Gasteiger partial charge < -0.3 is 14.8 Å². The van der Waals surface area contributed by atoms with Gasteiger partial charge in [0.1, 0.15) is 28.1 Å². The number of benzene rings is 3. The molecule has 152 valence electrons. The number of amides is 1. The molecule has 4 aromatic rings. The molecule has 0 bridgehead atoms. The number of carbonyl (C=O) groups is 1. The summed E-state index contributed by atoms with van der Waals surface area (Å²) in [7, 11) is 3.01. The molecule has 0 aliphatic heterocycles. The van der Waals surface area contributed by atoms with E-state index >= 15 is 0 Å². The number of ether oxygens (including phenoxy) is 2. The first kappa shape index (κ1) is 19.7. The minimum atomic E-state index is -0.346. The molecule has 0 saturated carbocycles. The number of rotatable bonds is 5. The number of anilines is 1. The van der Waals surface area contributed by atoms with E-state index in [9.17, 15) is 4.79 Å². The summed E-state index contributed by atoms with van der Waals surface area (Å²) in [6.07, 6.45) is 0. The van der Waals surface area contributed by atoms with Crippen LogP contribution in [0.15, 0.2) is 54.6 Å². The number of aryl methyl sites for hydroxylation is 1. The Kier molecular flexibility index (Phi) is 5.29. The zero-order valence-electron chi connectivity index (χ0n) is 16.6. The van der Waals surface area contributed by atoms with Gasteiger partial charge >= 0.3 is 0 Å². The molecule has 8 heteroatoms. The lowest BCUT2D eigenvalue weighted by Gasteiger charge is -2.12. The van der Waals surface area contributed by atoms with Crippen molar-refractivity contribution in [3.05, 3.63) is 70.7 Å². The van der Waals surface area contributed by atoms with Crippen molar-refractivity contribution in [1.29, 1.82) is 0 Å². The van der Waals surface area contributed by atoms with E-state index in [0.29, 0.717) is 38.8 Å². The lowest BCUT2D eigenvalue weighted by molar-refractivity contribution is 0.102. The Labute approximate surface area is 178 Å². The first-order chi connectivity index (χ1) is 14.5. The van der Waals surface area contributed by atoms with E-state index in [1.54, 1.807) is 36.4 Å². The number of nitrogens with zero attached hydrogens (tertiary/aromatic N) is 3. The molecule has 1 heterocycles. The van der Waals surface area contributed by atoms with Gasteiger partial charge in [0.15, 0.2) is 0 Å². The van der Waals surface area contributed by atoms with Crippen LogP contribution in [-0.2, 0) is 0 Å². The summed E-state index contributed by atoms with van der Waals surface area (Å²) in [5, 5.41) is 12.5. The van der Waals surface area contributed by atoms with Gasteiger partial charge in [-0.15, -0.1) is 10.2 Å². The minimum Gasteiger partial charge on any atom is -0.496 e. The van der Waals surface area contributed by atoms with E-state index < -0.39 is 0 Å². The van der Waals surface area contributed by atoms with Crippen LogP contribution >= 0.6 is 11.6 Å². The summed E-state index contributed by atoms with van der Waals surface area (Å²) in [6.45, 7) is 1.94. The fourth-order valence-corrected chi connectivity index (χ4v) is 3.26. The molecular formula is C22H19ClN4O3. The molecule has 0 unspecified atom stereocenters. The van der Waals surface area contributed by atoms with Crippen LogP contribution in [0.4, 0.5) is 5.69 Å². The summed E-state index contributed by atoms with van der Waals surface area (Å²) in [5.74, 6) is 0.506. The van der Waals surface area contributed by atoms with E-state index in [0.717, 1.165) is 11.3 Å². The van der Waals surface area contributed by atoms with Crippen molar-refractivity contribution in [2.45, 2.75) is 6.92 Å². The topological polar surface area (TPSA) is 78.3 Å². The third-order valence-corrected chi connectivity index (χ3v) is 5.09. The number of hydrogen-bond donors (Lipinski definition) is 1. The van der Waals surface area contributed by atoms with Gasteiger partial charge in [-0.3, -0.25) is 4.79 Å². The monoisotopic (exact) mass is 422 g/mol. The molecule has 1 aromatic heterocycles. The van der Waals surface area contributed by atoms with Crippen LogP contribution in [0.2, 0.25) is 5.02 Å². The normalized spacial score (nSPS) is 10.8. The zero-order valence-corrected chi connectivity index (χ0v) is 17.4. The summed E-state index contributed by atoms with van der Waals surface area (Å²) in [4.78, 5) is 14.4. The first-order valence-electron chi connectivity index (χ1n) is 9.16. The fraction of sp³-hybridized carbons (Fsp3) is 0.136. The maximum atomic E-state index is 12.9. The van der Waals surface area contributed by atoms with Crippen LogP contribution in [-0.4, -0.2) is 35.1 Å². The lowest BCUT2D eigenvalue weighted by Crippen LogP contribution is -2.14. The zero-order chi connectivity index (χ0) is 21.3. The van der Waals surface area contributed by atoms with Gasteiger partial charge in [0.2, 0.25) is 0 Å². The van der Waals surface area contributed by atoms with Gasteiger partial charge in [-0.25, -0.2) is 0 Å². The largest absolute Gasteiger partial charge is 0.496 e. The number of methoxy groups -OCH3 is 2. The van der Waals surface area contributed by atoms with Crippen molar-refractivity contribution in [3.63, 3.8) is 0 Å². The van der Waals surface area contributed by atoms with Crippen molar-refractivity contribution in [2.75, 3.05) is 19.5 Å². The van der Waals surface area contributed by atoms with E-state index in [1.165, 1.54) is 19.0 Å². The number of nitrogens with one attached hydrogen (secondary N) is 1. The van der Waals surface area contributed by atoms with Crippen LogP contribution in [0.5, 0.6) is 11.5 Å². The SMILES string of the molecule is COc1cccc(OC)c1C(=O)Nc1ccc2nn(-c3ccc(C)c(Cl)c3)nc2c1. The molecule has 7 nitrogen and oxygen atoms in total. The van der Waals surface area contributed by atoms with E-state index in [2.05, 4.69) is 15.5 Å². The highest BCUT2D eigenvalue weighted by Gasteiger charge is 2.18. The van der Waals surface area contributed by atoms with Crippen LogP contribution < -0.4 is 14.8 Å². The number of carbonyl (C=O) groups excluding carboxylic acids is 1. The van der Waals surface area contributed by atoms with Gasteiger partial charge in [-0.05, 0) is 55.0 Å². The van der Waals surface area contributed by atoms with Crippen LogP contribution in [0.3, 0.4) is 0 Å². The van der Waals surface area contributed by atoms with Gasteiger partial charge in [0, 0.05) is 10.7 Å². The molecule has 0 fully saturated rings. The maximum Gasteiger partial charge on any atom is 0.263 e. The minimum absolute atomic E-state index is 0.320. The van der Waals surface area contributed by atoms with Crippen molar-refractivity contribution in [3.8, 4) is 17.2 Å². The average Bonchev–Trinajstić information content (AvgIpc) is 3.18. The number of fused-ring (bicyclic) bond motifs is 1. The molecule has 0 spiro atoms. The Morgan fingerprint density at radius 3 is 2.33 bits per heavy atom. The molecule has 0 atom stereocenters. The summed E-state index contributed by atoms with van der Waals surface area (Å²) in [6, 6.07) is 16.1. The third-order valence-electron chi connectivity index (χ3n) is 4.68. The van der Waals surface area contributed by atoms with Crippen LogP contribution in [0.25, 0.3) is 16.7 Å². The van der Waals surface area contributed by atoms with Gasteiger partial charge in [0.05, 0.1) is 19.9 Å². The predicted molar refractivity (Wildman–Crippen MR) is 116 cm³/mol. The second-order valence-electron chi connectivity index (χ2n) is 6.62. The number of halogens is 1. The summed E-state index contributed by atoms with van der Waals surface area (Å²) < 4.78 is 10.6. The molecule has 4 rings (SSSR count). The Bertz CT molecular complexity index is 1230. The first-order valence-corrected chi connectivity index (χ1v) is 9.54. The van der Waals surface area contributed by atoms with Crippen LogP contribution in [0.1, 0.15) is 15.9 Å². The molecule has 3 aromatic carbocycles. The second kappa shape index (κ2) is 8.04. The second-order valence-corrected chi connectivity index (χ2v) is 7.03. The van der Waals surface area contributed by atoms with Crippen molar-refractivity contribution >= 4 is 34.2 Å². The van der Waals surface area contributed by atoms with Crippen LogP contribution in [0, 0.1) is 6.92 Å². The standard InChI is InChI=1S/C22H19ClN4O3/c1-13-7-9-15(12-16(13)23)27-25-17-10-8-14(11-18(17)26-27)24-22(28)21-19(29-2)5-4-6-20(21)30-3/h4-12H,1-3H3,(H,24,28). The average molecular weight is 423 g/mol. The Hall–Kier alpha value is -3.58. The predicted octanol–water partition coefficient (Wildman–Crippen LogP) is 4.65. The van der Waals surface area contributed by atoms with Gasteiger partial charge in [-0.1, -0.05) is 23.7 Å². The van der Waals surface area contributed by atoms with Crippen molar-refractivity contribution < 1.29 is 14.3 Å². The van der Waals surface area contributed by atoms with Gasteiger partial charge in [-0.2, -0.15) is 4.80 Å². The Balaban J connectivity index is 1.65. The van der Waals surface area contributed by atoms with E-state index in [-0.39, 0.29) is 5.91 Å². The third kappa shape index (κ3) is 3.67. The van der Waals surface area contributed by atoms with E-state index in [1.807, 2.05) is 25.1 Å². The molecule has 1 amide bonds. The highest BCUT2D eigenvalue weighted by molar-refractivity contribution is 6.31. The molecular weight excluding hydrogens is 404 g/mol. The molecule has 0 aliphatic rings. The van der Waals surface area contributed by atoms with Crippen molar-refractivity contribution in [2.24, 2.45) is 0 Å². The highest BCUT2D eigenvalue weighted by Crippen LogP contribution is 2.29. The quantitative estimate of drug-likeness (QED) is 0.506. The molecule has 0 radical (unpaired) electrons. The molecule has 1 N–H and O–H groups in total. The smallest absolute Gasteiger partial charge is 0.263 e. The lowest BCUT2D eigenvalue weighted by atomic mass is 10.1. The molecule has 0 saturated heterocycles. The Morgan fingerprint density at radius 1 is 0.967 bits per heavy atom.